The zero-order valence-corrected chi connectivity index (χ0v) is 13.7. The predicted octanol–water partition coefficient (Wildman–Crippen LogP) is 3.19. The molecule has 0 aromatic carbocycles. The fourth-order valence-corrected chi connectivity index (χ4v) is 3.81. The van der Waals surface area contributed by atoms with Crippen LogP contribution >= 0.6 is 0 Å². The monoisotopic (exact) mass is 280 g/mol. The highest BCUT2D eigenvalue weighted by Gasteiger charge is 2.30. The molecule has 20 heavy (non-hydrogen) atoms. The SMILES string of the molecule is CC(CN1CCCC1=O)NC1CCC(C(C)(C)C)CC1. The number of likely N-dealkylation sites (tertiary alicyclic amines) is 1. The summed E-state index contributed by atoms with van der Waals surface area (Å²) in [4.78, 5) is 13.7. The maximum absolute atomic E-state index is 11.7. The molecule has 0 bridgehead atoms. The highest BCUT2D eigenvalue weighted by atomic mass is 16.2. The van der Waals surface area contributed by atoms with Crippen LogP contribution in [0.1, 0.15) is 66.2 Å². The molecule has 1 heterocycles. The minimum Gasteiger partial charge on any atom is -0.341 e. The Bertz CT molecular complexity index is 326. The zero-order chi connectivity index (χ0) is 14.8. The van der Waals surface area contributed by atoms with Crippen molar-refractivity contribution in [1.82, 2.24) is 10.2 Å². The van der Waals surface area contributed by atoms with Gasteiger partial charge in [-0.1, -0.05) is 20.8 Å². The average Bonchev–Trinajstić information content (AvgIpc) is 2.74. The number of carbonyl (C=O) groups excluding carboxylic acids is 1. The lowest BCUT2D eigenvalue weighted by molar-refractivity contribution is -0.128. The number of nitrogens with one attached hydrogen (secondary N) is 1. The maximum atomic E-state index is 11.7. The summed E-state index contributed by atoms with van der Waals surface area (Å²) >= 11 is 0. The van der Waals surface area contributed by atoms with Crippen LogP contribution in [0.15, 0.2) is 0 Å². The minimum absolute atomic E-state index is 0.343. The molecule has 2 fully saturated rings. The van der Waals surface area contributed by atoms with Gasteiger partial charge in [-0.2, -0.15) is 0 Å². The number of amides is 1. The lowest BCUT2D eigenvalue weighted by Gasteiger charge is -2.38. The van der Waals surface area contributed by atoms with Gasteiger partial charge in [0.25, 0.3) is 0 Å². The van der Waals surface area contributed by atoms with E-state index in [1.165, 1.54) is 25.7 Å². The van der Waals surface area contributed by atoms with Crippen LogP contribution in [0.4, 0.5) is 0 Å². The van der Waals surface area contributed by atoms with Gasteiger partial charge in [0.05, 0.1) is 0 Å². The Hall–Kier alpha value is -0.570. The lowest BCUT2D eigenvalue weighted by Crippen LogP contribution is -2.46. The Morgan fingerprint density at radius 2 is 1.90 bits per heavy atom. The maximum Gasteiger partial charge on any atom is 0.222 e. The van der Waals surface area contributed by atoms with Gasteiger partial charge in [-0.25, -0.2) is 0 Å². The molecule has 1 saturated heterocycles. The molecule has 1 atom stereocenters. The van der Waals surface area contributed by atoms with Crippen molar-refractivity contribution < 1.29 is 4.79 Å². The van der Waals surface area contributed by atoms with E-state index < -0.39 is 0 Å². The van der Waals surface area contributed by atoms with Gasteiger partial charge < -0.3 is 10.2 Å². The van der Waals surface area contributed by atoms with Crippen LogP contribution in [0.2, 0.25) is 0 Å². The summed E-state index contributed by atoms with van der Waals surface area (Å²) in [6, 6.07) is 1.08. The Morgan fingerprint density at radius 3 is 2.40 bits per heavy atom. The van der Waals surface area contributed by atoms with Gasteiger partial charge >= 0.3 is 0 Å². The second kappa shape index (κ2) is 6.46. The van der Waals surface area contributed by atoms with Gasteiger partial charge in [-0.15, -0.1) is 0 Å². The van der Waals surface area contributed by atoms with Gasteiger partial charge in [-0.3, -0.25) is 4.79 Å². The quantitative estimate of drug-likeness (QED) is 0.857. The predicted molar refractivity (Wildman–Crippen MR) is 83.6 cm³/mol. The summed E-state index contributed by atoms with van der Waals surface area (Å²) in [6.45, 7) is 11.2. The third kappa shape index (κ3) is 4.21. The fourth-order valence-electron chi connectivity index (χ4n) is 3.81. The second-order valence-corrected chi connectivity index (χ2v) is 7.93. The Kier molecular flexibility index (Phi) is 5.11. The first-order valence-electron chi connectivity index (χ1n) is 8.40. The average molecular weight is 280 g/mol. The van der Waals surface area contributed by atoms with E-state index >= 15 is 0 Å². The molecule has 3 heteroatoms. The van der Waals surface area contributed by atoms with Crippen molar-refractivity contribution >= 4 is 5.91 Å². The number of rotatable bonds is 4. The first-order valence-corrected chi connectivity index (χ1v) is 8.40. The first-order chi connectivity index (χ1) is 9.36. The van der Waals surface area contributed by atoms with Crippen LogP contribution in [0, 0.1) is 11.3 Å². The van der Waals surface area contributed by atoms with Crippen LogP contribution in [0.3, 0.4) is 0 Å². The summed E-state index contributed by atoms with van der Waals surface area (Å²) in [6.07, 6.45) is 7.07. The van der Waals surface area contributed by atoms with E-state index in [0.717, 1.165) is 31.8 Å². The summed E-state index contributed by atoms with van der Waals surface area (Å²) in [5.41, 5.74) is 0.457. The molecule has 0 radical (unpaired) electrons. The summed E-state index contributed by atoms with van der Waals surface area (Å²) < 4.78 is 0. The largest absolute Gasteiger partial charge is 0.341 e. The molecule has 0 aromatic rings. The number of hydrogen-bond acceptors (Lipinski definition) is 2. The van der Waals surface area contributed by atoms with Crippen molar-refractivity contribution in [3.05, 3.63) is 0 Å². The molecule has 1 aliphatic heterocycles. The second-order valence-electron chi connectivity index (χ2n) is 7.93. The number of carbonyl (C=O) groups is 1. The number of nitrogens with zero attached hydrogens (tertiary/aromatic N) is 1. The molecular formula is C17H32N2O. The summed E-state index contributed by atoms with van der Waals surface area (Å²) in [7, 11) is 0. The molecule has 1 aliphatic carbocycles. The lowest BCUT2D eigenvalue weighted by atomic mass is 9.71. The van der Waals surface area contributed by atoms with Crippen molar-refractivity contribution in [2.75, 3.05) is 13.1 Å². The van der Waals surface area contributed by atoms with Gasteiger partial charge in [0, 0.05) is 31.6 Å². The van der Waals surface area contributed by atoms with E-state index in [2.05, 4.69) is 33.0 Å². The van der Waals surface area contributed by atoms with Gasteiger partial charge in [0.15, 0.2) is 0 Å². The van der Waals surface area contributed by atoms with Crippen molar-refractivity contribution in [3.8, 4) is 0 Å². The van der Waals surface area contributed by atoms with Crippen LogP contribution in [0.25, 0.3) is 0 Å². The van der Waals surface area contributed by atoms with Crippen LogP contribution < -0.4 is 5.32 Å². The molecule has 0 spiro atoms. The van der Waals surface area contributed by atoms with Crippen LogP contribution in [0.5, 0.6) is 0 Å². The van der Waals surface area contributed by atoms with E-state index in [0.29, 0.717) is 23.4 Å². The number of hydrogen-bond donors (Lipinski definition) is 1. The van der Waals surface area contributed by atoms with Gasteiger partial charge in [0.1, 0.15) is 0 Å². The van der Waals surface area contributed by atoms with Gasteiger partial charge in [-0.05, 0) is 50.4 Å². The third-order valence-electron chi connectivity index (χ3n) is 5.14. The minimum atomic E-state index is 0.343. The van der Waals surface area contributed by atoms with Crippen molar-refractivity contribution in [1.29, 1.82) is 0 Å². The van der Waals surface area contributed by atoms with E-state index in [1.807, 2.05) is 4.90 Å². The molecule has 116 valence electrons. The van der Waals surface area contributed by atoms with Crippen LogP contribution in [-0.4, -0.2) is 36.0 Å². The molecule has 1 unspecified atom stereocenters. The van der Waals surface area contributed by atoms with Gasteiger partial charge in [0.2, 0.25) is 5.91 Å². The molecular weight excluding hydrogens is 248 g/mol. The Balaban J connectivity index is 1.71. The summed E-state index contributed by atoms with van der Waals surface area (Å²) in [5.74, 6) is 1.21. The van der Waals surface area contributed by atoms with Crippen molar-refractivity contribution in [2.45, 2.75) is 78.3 Å². The van der Waals surface area contributed by atoms with E-state index in [9.17, 15) is 4.79 Å². The smallest absolute Gasteiger partial charge is 0.222 e. The van der Waals surface area contributed by atoms with E-state index in [1.54, 1.807) is 0 Å². The standard InChI is InChI=1S/C17H32N2O/c1-13(12-19-11-5-6-16(19)20)18-15-9-7-14(8-10-15)17(2,3)4/h13-15,18H,5-12H2,1-4H3. The summed E-state index contributed by atoms with van der Waals surface area (Å²) in [5, 5.41) is 3.74. The normalized spacial score (nSPS) is 29.8. The zero-order valence-electron chi connectivity index (χ0n) is 13.7. The molecule has 1 N–H and O–H groups in total. The fraction of sp³-hybridized carbons (Fsp3) is 0.941. The molecule has 3 nitrogen and oxygen atoms in total. The molecule has 1 amide bonds. The highest BCUT2D eigenvalue weighted by molar-refractivity contribution is 5.78. The molecule has 2 aliphatic rings. The highest BCUT2D eigenvalue weighted by Crippen LogP contribution is 2.37. The van der Waals surface area contributed by atoms with Crippen LogP contribution in [-0.2, 0) is 4.79 Å². The third-order valence-corrected chi connectivity index (χ3v) is 5.14. The Labute approximate surface area is 124 Å². The van der Waals surface area contributed by atoms with E-state index in [-0.39, 0.29) is 0 Å². The Morgan fingerprint density at radius 1 is 1.25 bits per heavy atom. The first kappa shape index (κ1) is 15.8. The van der Waals surface area contributed by atoms with Crippen molar-refractivity contribution in [2.24, 2.45) is 11.3 Å². The molecule has 0 aromatic heterocycles. The topological polar surface area (TPSA) is 32.3 Å². The molecule has 1 saturated carbocycles. The van der Waals surface area contributed by atoms with Crippen molar-refractivity contribution in [3.63, 3.8) is 0 Å². The van der Waals surface area contributed by atoms with E-state index in [4.69, 9.17) is 0 Å². The molecule has 2 rings (SSSR count).